The van der Waals surface area contributed by atoms with Gasteiger partial charge >= 0.3 is 0 Å². The molecule has 3 aliphatic rings. The second-order valence-electron chi connectivity index (χ2n) is 8.82. The fourth-order valence-electron chi connectivity index (χ4n) is 4.73. The average Bonchev–Trinajstić information content (AvgIpc) is 3.04. The summed E-state index contributed by atoms with van der Waals surface area (Å²) in [4.78, 5) is 10.5. The van der Waals surface area contributed by atoms with E-state index in [2.05, 4.69) is 9.97 Å². The molecule has 1 saturated heterocycles. The molecule has 1 aliphatic carbocycles. The normalized spacial score (nSPS) is 26.4. The lowest BCUT2D eigenvalue weighted by Crippen LogP contribution is -2.59. The number of fused-ring (bicyclic) bond motifs is 2. The van der Waals surface area contributed by atoms with Gasteiger partial charge in [-0.15, -0.1) is 0 Å². The van der Waals surface area contributed by atoms with E-state index in [4.69, 9.17) is 9.88 Å². The van der Waals surface area contributed by atoms with Gasteiger partial charge in [0, 0.05) is 30.0 Å². The van der Waals surface area contributed by atoms with Crippen LogP contribution in [0, 0.1) is 0 Å². The Morgan fingerprint density at radius 2 is 2.12 bits per heavy atom. The molecule has 3 heterocycles. The minimum atomic E-state index is -3.68. The molecule has 3 atom stereocenters. The number of hydrogen-bond donors (Lipinski definition) is 2. The van der Waals surface area contributed by atoms with Crippen molar-refractivity contribution in [2.75, 3.05) is 23.8 Å². The molecule has 0 amide bonds. The Hall–Kier alpha value is -2.21. The van der Waals surface area contributed by atoms with Crippen LogP contribution in [0.3, 0.4) is 0 Å². The van der Waals surface area contributed by atoms with E-state index in [0.717, 1.165) is 11.1 Å². The number of primary sulfonamides is 1. The lowest BCUT2D eigenvalue weighted by Gasteiger charge is -2.43. The number of aromatic nitrogens is 2. The predicted molar refractivity (Wildman–Crippen MR) is 113 cm³/mol. The van der Waals surface area contributed by atoms with Crippen molar-refractivity contribution in [3.05, 3.63) is 40.6 Å². The SMILES string of the molecule is C[C@H]1[C@H](O)CN1c1nc(-c2ccc3c(c2)COC[C@@H]3CS(N)(=O)=O)c2c(n1)C(F)(F)CC2. The molecule has 1 aromatic heterocycles. The van der Waals surface area contributed by atoms with Gasteiger partial charge in [-0.05, 0) is 30.5 Å². The van der Waals surface area contributed by atoms with Crippen molar-refractivity contribution >= 4 is 16.0 Å². The first kappa shape index (κ1) is 21.6. The molecule has 172 valence electrons. The number of hydrogen-bond acceptors (Lipinski definition) is 7. The summed E-state index contributed by atoms with van der Waals surface area (Å²) in [5.74, 6) is -3.47. The molecule has 2 aliphatic heterocycles. The van der Waals surface area contributed by atoms with Crippen molar-refractivity contribution in [3.8, 4) is 11.3 Å². The third-order valence-electron chi connectivity index (χ3n) is 6.59. The number of benzene rings is 1. The minimum Gasteiger partial charge on any atom is -0.389 e. The van der Waals surface area contributed by atoms with Gasteiger partial charge in [-0.2, -0.15) is 8.78 Å². The first-order chi connectivity index (χ1) is 15.0. The fraction of sp³-hybridized carbons (Fsp3) is 0.524. The summed E-state index contributed by atoms with van der Waals surface area (Å²) >= 11 is 0. The number of rotatable bonds is 4. The zero-order chi connectivity index (χ0) is 22.8. The Balaban J connectivity index is 1.59. The molecule has 0 radical (unpaired) electrons. The van der Waals surface area contributed by atoms with Gasteiger partial charge in [-0.25, -0.2) is 23.5 Å². The van der Waals surface area contributed by atoms with E-state index >= 15 is 0 Å². The highest BCUT2D eigenvalue weighted by Crippen LogP contribution is 2.45. The molecule has 0 bridgehead atoms. The third-order valence-corrected chi connectivity index (χ3v) is 7.45. The maximum atomic E-state index is 14.6. The maximum Gasteiger partial charge on any atom is 0.290 e. The van der Waals surface area contributed by atoms with Gasteiger partial charge in [-0.1, -0.05) is 12.1 Å². The molecule has 32 heavy (non-hydrogen) atoms. The molecule has 0 spiro atoms. The second kappa shape index (κ2) is 7.41. The third kappa shape index (κ3) is 3.66. The lowest BCUT2D eigenvalue weighted by molar-refractivity contribution is -0.00603. The molecular weight excluding hydrogens is 442 g/mol. The van der Waals surface area contributed by atoms with Gasteiger partial charge in [0.05, 0.1) is 36.8 Å². The monoisotopic (exact) mass is 466 g/mol. The van der Waals surface area contributed by atoms with Crippen molar-refractivity contribution in [2.45, 2.75) is 50.4 Å². The average molecular weight is 467 g/mol. The van der Waals surface area contributed by atoms with Crippen molar-refractivity contribution < 1.29 is 27.0 Å². The summed E-state index contributed by atoms with van der Waals surface area (Å²) in [5.41, 5.74) is 2.86. The molecule has 0 saturated carbocycles. The van der Waals surface area contributed by atoms with E-state index in [1.807, 2.05) is 6.07 Å². The lowest BCUT2D eigenvalue weighted by atomic mass is 9.91. The minimum absolute atomic E-state index is 0.164. The molecule has 1 aromatic carbocycles. The van der Waals surface area contributed by atoms with Gasteiger partial charge < -0.3 is 14.7 Å². The number of nitrogens with two attached hydrogens (primary N) is 1. The summed E-state index contributed by atoms with van der Waals surface area (Å²) < 4.78 is 58.0. The van der Waals surface area contributed by atoms with Gasteiger partial charge in [-0.3, -0.25) is 0 Å². The standard InChI is InChI=1S/C21H24F2N4O4S/c1-11-17(28)7-27(11)20-25-18(16-4-5-21(22,23)19(16)26-20)12-2-3-15-13(6-12)8-31-9-14(15)10-32(24,29)30/h2-3,6,11,14,17,28H,4-5,7-10H2,1H3,(H2,24,29,30)/t11-,14+,17+/m0/s1. The number of nitrogens with zero attached hydrogens (tertiary/aromatic N) is 3. The number of halogens is 2. The van der Waals surface area contributed by atoms with E-state index in [1.54, 1.807) is 24.0 Å². The first-order valence-corrected chi connectivity index (χ1v) is 12.2. The fourth-order valence-corrected chi connectivity index (χ4v) is 5.57. The summed E-state index contributed by atoms with van der Waals surface area (Å²) in [6, 6.07) is 5.14. The summed E-state index contributed by atoms with van der Waals surface area (Å²) in [6.07, 6.45) is -0.707. The number of alkyl halides is 2. The largest absolute Gasteiger partial charge is 0.389 e. The Labute approximate surface area is 184 Å². The molecule has 8 nitrogen and oxygen atoms in total. The van der Waals surface area contributed by atoms with Gasteiger partial charge in [0.2, 0.25) is 16.0 Å². The molecule has 2 aromatic rings. The number of anilines is 1. The Morgan fingerprint density at radius 3 is 2.81 bits per heavy atom. The van der Waals surface area contributed by atoms with Crippen LogP contribution in [0.2, 0.25) is 0 Å². The smallest absolute Gasteiger partial charge is 0.290 e. The zero-order valence-electron chi connectivity index (χ0n) is 17.5. The highest BCUT2D eigenvalue weighted by molar-refractivity contribution is 7.89. The predicted octanol–water partition coefficient (Wildman–Crippen LogP) is 1.65. The number of sulfonamides is 1. The van der Waals surface area contributed by atoms with Crippen LogP contribution in [-0.4, -0.2) is 54.5 Å². The van der Waals surface area contributed by atoms with Crippen molar-refractivity contribution in [2.24, 2.45) is 5.14 Å². The van der Waals surface area contributed by atoms with Gasteiger partial charge in [0.1, 0.15) is 5.69 Å². The highest BCUT2D eigenvalue weighted by atomic mass is 32.2. The van der Waals surface area contributed by atoms with Crippen LogP contribution in [0.25, 0.3) is 11.3 Å². The van der Waals surface area contributed by atoms with Crippen LogP contribution in [0.4, 0.5) is 14.7 Å². The van der Waals surface area contributed by atoms with E-state index in [9.17, 15) is 22.3 Å². The Morgan fingerprint density at radius 1 is 1.34 bits per heavy atom. The summed E-state index contributed by atoms with van der Waals surface area (Å²) in [6.45, 7) is 2.62. The highest BCUT2D eigenvalue weighted by Gasteiger charge is 2.45. The Bertz CT molecular complexity index is 1190. The number of ether oxygens (including phenoxy) is 1. The van der Waals surface area contributed by atoms with Crippen molar-refractivity contribution in [1.29, 1.82) is 0 Å². The van der Waals surface area contributed by atoms with Crippen molar-refractivity contribution in [1.82, 2.24) is 9.97 Å². The van der Waals surface area contributed by atoms with Crippen LogP contribution in [0.15, 0.2) is 18.2 Å². The van der Waals surface area contributed by atoms with E-state index in [-0.39, 0.29) is 62.0 Å². The van der Waals surface area contributed by atoms with Crippen LogP contribution in [0.1, 0.15) is 41.6 Å². The zero-order valence-corrected chi connectivity index (χ0v) is 18.3. The molecule has 0 unspecified atom stereocenters. The molecule has 5 rings (SSSR count). The van der Waals surface area contributed by atoms with Crippen LogP contribution < -0.4 is 10.0 Å². The van der Waals surface area contributed by atoms with Crippen LogP contribution in [-0.2, 0) is 33.7 Å². The molecule has 1 fully saturated rings. The quantitative estimate of drug-likeness (QED) is 0.703. The van der Waals surface area contributed by atoms with Gasteiger partial charge in [0.25, 0.3) is 5.92 Å². The van der Waals surface area contributed by atoms with E-state index in [0.29, 0.717) is 16.8 Å². The molecular formula is C21H24F2N4O4S. The molecule has 11 heteroatoms. The number of β-amino-alcohol motifs (C(OH)–C–C–N with tert-alkyl or cyclic N) is 1. The summed E-state index contributed by atoms with van der Waals surface area (Å²) in [5, 5.41) is 15.1. The van der Waals surface area contributed by atoms with E-state index < -0.39 is 22.0 Å². The van der Waals surface area contributed by atoms with Crippen molar-refractivity contribution in [3.63, 3.8) is 0 Å². The van der Waals surface area contributed by atoms with E-state index in [1.165, 1.54) is 0 Å². The second-order valence-corrected chi connectivity index (χ2v) is 10.5. The molecule has 3 N–H and O–H groups in total. The summed E-state index contributed by atoms with van der Waals surface area (Å²) in [7, 11) is -3.68. The maximum absolute atomic E-state index is 14.6. The van der Waals surface area contributed by atoms with Crippen LogP contribution >= 0.6 is 0 Å². The van der Waals surface area contributed by atoms with Gasteiger partial charge in [0.15, 0.2) is 0 Å². The first-order valence-electron chi connectivity index (χ1n) is 10.5. The number of aliphatic hydroxyl groups excluding tert-OH is 1. The van der Waals surface area contributed by atoms with Crippen LogP contribution in [0.5, 0.6) is 0 Å². The topological polar surface area (TPSA) is 119 Å². The number of aliphatic hydroxyl groups is 1. The Kier molecular flexibility index (Phi) is 5.01.